The van der Waals surface area contributed by atoms with Gasteiger partial charge < -0.3 is 4.42 Å². The first kappa shape index (κ1) is 27.5. The number of nitrogens with zero attached hydrogens (tertiary/aromatic N) is 3. The van der Waals surface area contributed by atoms with Crippen LogP contribution >= 0.6 is 0 Å². The number of benzene rings is 8. The molecular weight excluding hydrogens is 599 g/mol. The minimum absolute atomic E-state index is 0.625. The first-order valence-electron chi connectivity index (χ1n) is 16.4. The van der Waals surface area contributed by atoms with Crippen LogP contribution < -0.4 is 0 Å². The van der Waals surface area contributed by atoms with Crippen molar-refractivity contribution in [1.82, 2.24) is 15.0 Å². The van der Waals surface area contributed by atoms with Crippen LogP contribution in [0.5, 0.6) is 0 Å². The van der Waals surface area contributed by atoms with E-state index >= 15 is 0 Å². The monoisotopic (exact) mass is 625 g/mol. The van der Waals surface area contributed by atoms with E-state index in [1.54, 1.807) is 0 Å². The molecule has 0 aliphatic rings. The van der Waals surface area contributed by atoms with Crippen molar-refractivity contribution in [3.63, 3.8) is 0 Å². The molecule has 0 unspecified atom stereocenters. The number of rotatable bonds is 4. The highest BCUT2D eigenvalue weighted by Gasteiger charge is 2.19. The van der Waals surface area contributed by atoms with Crippen molar-refractivity contribution in [3.05, 3.63) is 164 Å². The van der Waals surface area contributed by atoms with Gasteiger partial charge in [-0.05, 0) is 73.8 Å². The Kier molecular flexibility index (Phi) is 6.15. The normalized spacial score (nSPS) is 11.7. The molecule has 0 atom stereocenters. The molecule has 2 heterocycles. The van der Waals surface area contributed by atoms with E-state index in [9.17, 15) is 0 Å². The fraction of sp³-hybridized carbons (Fsp3) is 0. The van der Waals surface area contributed by atoms with Crippen molar-refractivity contribution in [2.24, 2.45) is 0 Å². The lowest BCUT2D eigenvalue weighted by molar-refractivity contribution is 0.669. The Hall–Kier alpha value is -6.65. The van der Waals surface area contributed by atoms with E-state index in [2.05, 4.69) is 146 Å². The lowest BCUT2D eigenvalue weighted by Crippen LogP contribution is -2.01. The topological polar surface area (TPSA) is 51.8 Å². The smallest absolute Gasteiger partial charge is 0.164 e. The Balaban J connectivity index is 1.26. The van der Waals surface area contributed by atoms with Crippen molar-refractivity contribution >= 4 is 54.3 Å². The van der Waals surface area contributed by atoms with Crippen LogP contribution in [0.3, 0.4) is 0 Å². The molecule has 8 aromatic carbocycles. The van der Waals surface area contributed by atoms with Crippen LogP contribution in [0.4, 0.5) is 0 Å². The maximum Gasteiger partial charge on any atom is 0.164 e. The van der Waals surface area contributed by atoms with Gasteiger partial charge in [0.1, 0.15) is 11.2 Å². The van der Waals surface area contributed by atoms with E-state index in [1.165, 1.54) is 10.8 Å². The Morgan fingerprint density at radius 2 is 0.939 bits per heavy atom. The van der Waals surface area contributed by atoms with Gasteiger partial charge in [-0.3, -0.25) is 0 Å². The van der Waals surface area contributed by atoms with Gasteiger partial charge in [-0.25, -0.2) is 15.0 Å². The molecule has 10 rings (SSSR count). The van der Waals surface area contributed by atoms with Gasteiger partial charge in [0.25, 0.3) is 0 Å². The summed E-state index contributed by atoms with van der Waals surface area (Å²) >= 11 is 0. The van der Waals surface area contributed by atoms with E-state index in [-0.39, 0.29) is 0 Å². The largest absolute Gasteiger partial charge is 0.456 e. The molecule has 0 spiro atoms. The van der Waals surface area contributed by atoms with Gasteiger partial charge in [0.05, 0.1) is 0 Å². The van der Waals surface area contributed by atoms with Crippen molar-refractivity contribution in [3.8, 4) is 45.3 Å². The van der Waals surface area contributed by atoms with Crippen molar-refractivity contribution in [2.45, 2.75) is 0 Å². The number of aromatic nitrogens is 3. The summed E-state index contributed by atoms with van der Waals surface area (Å²) in [7, 11) is 0. The lowest BCUT2D eigenvalue weighted by Gasteiger charge is -2.14. The molecule has 4 nitrogen and oxygen atoms in total. The number of furan rings is 1. The predicted molar refractivity (Wildman–Crippen MR) is 201 cm³/mol. The minimum Gasteiger partial charge on any atom is -0.456 e. The van der Waals surface area contributed by atoms with Gasteiger partial charge in [0.2, 0.25) is 0 Å². The molecular formula is C45H27N3O. The molecule has 0 bridgehead atoms. The predicted octanol–water partition coefficient (Wildman–Crippen LogP) is 11.9. The van der Waals surface area contributed by atoms with E-state index in [0.717, 1.165) is 71.3 Å². The number of para-hydroxylation sites is 1. The third-order valence-electron chi connectivity index (χ3n) is 9.51. The Morgan fingerprint density at radius 1 is 0.327 bits per heavy atom. The van der Waals surface area contributed by atoms with Crippen LogP contribution in [-0.2, 0) is 0 Å². The zero-order chi connectivity index (χ0) is 32.3. The second-order valence-corrected chi connectivity index (χ2v) is 12.4. The van der Waals surface area contributed by atoms with E-state index in [4.69, 9.17) is 19.4 Å². The Bertz CT molecular complexity index is 2890. The summed E-state index contributed by atoms with van der Waals surface area (Å²) in [6, 6.07) is 56.8. The lowest BCUT2D eigenvalue weighted by atomic mass is 9.96. The summed E-state index contributed by atoms with van der Waals surface area (Å²) < 4.78 is 6.24. The highest BCUT2D eigenvalue weighted by molar-refractivity contribution is 6.21. The number of hydrogen-bond donors (Lipinski definition) is 0. The number of fused-ring (bicyclic) bond motifs is 8. The van der Waals surface area contributed by atoms with Crippen molar-refractivity contribution in [2.75, 3.05) is 0 Å². The minimum atomic E-state index is 0.625. The standard InChI is InChI=1S/C45H27N3O/c1-2-12-28(13-3-1)29-15-10-16-31(26-29)43-46-44(37-22-11-21-36-35(37)24-25-41-42(36)38-20-8-9-23-40(38)49-41)48-45(47-43)39-27-30-14-4-5-17-32(30)33-18-6-7-19-34(33)39/h1-27H. The SMILES string of the molecule is c1ccc(-c2cccc(-c3nc(-c4cc5ccccc5c5ccccc45)nc(-c4cccc5c4ccc4oc6ccccc6c45)n3)c2)cc1. The first-order chi connectivity index (χ1) is 24.3. The molecule has 49 heavy (non-hydrogen) atoms. The highest BCUT2D eigenvalue weighted by Crippen LogP contribution is 2.39. The quantitative estimate of drug-likeness (QED) is 0.183. The summed E-state index contributed by atoms with van der Waals surface area (Å²) in [6.45, 7) is 0. The van der Waals surface area contributed by atoms with Crippen LogP contribution in [-0.4, -0.2) is 15.0 Å². The summed E-state index contributed by atoms with van der Waals surface area (Å²) in [6.07, 6.45) is 0. The van der Waals surface area contributed by atoms with Gasteiger partial charge in [0.15, 0.2) is 17.5 Å². The maximum atomic E-state index is 6.24. The van der Waals surface area contributed by atoms with Crippen molar-refractivity contribution < 1.29 is 4.42 Å². The Morgan fingerprint density at radius 3 is 1.82 bits per heavy atom. The third-order valence-corrected chi connectivity index (χ3v) is 9.51. The summed E-state index contributed by atoms with van der Waals surface area (Å²) in [5, 5.41) is 8.98. The van der Waals surface area contributed by atoms with Gasteiger partial charge in [-0.1, -0.05) is 133 Å². The average Bonchev–Trinajstić information content (AvgIpc) is 3.57. The van der Waals surface area contributed by atoms with Crippen LogP contribution in [0.25, 0.3) is 99.5 Å². The molecule has 4 heteroatoms. The third kappa shape index (κ3) is 4.49. The fourth-order valence-corrected chi connectivity index (χ4v) is 7.23. The van der Waals surface area contributed by atoms with Crippen LogP contribution in [0.2, 0.25) is 0 Å². The molecule has 0 radical (unpaired) electrons. The molecule has 228 valence electrons. The molecule has 0 saturated carbocycles. The molecule has 0 N–H and O–H groups in total. The summed E-state index contributed by atoms with van der Waals surface area (Å²) in [5.74, 6) is 1.89. The molecule has 0 saturated heterocycles. The maximum absolute atomic E-state index is 6.24. The molecule has 0 fully saturated rings. The summed E-state index contributed by atoms with van der Waals surface area (Å²) in [4.78, 5) is 15.7. The van der Waals surface area contributed by atoms with Crippen molar-refractivity contribution in [1.29, 1.82) is 0 Å². The summed E-state index contributed by atoms with van der Waals surface area (Å²) in [5.41, 5.74) is 6.84. The fourth-order valence-electron chi connectivity index (χ4n) is 7.23. The highest BCUT2D eigenvalue weighted by atomic mass is 16.3. The van der Waals surface area contributed by atoms with E-state index in [0.29, 0.717) is 17.5 Å². The van der Waals surface area contributed by atoms with Gasteiger partial charge in [-0.2, -0.15) is 0 Å². The van der Waals surface area contributed by atoms with Crippen LogP contribution in [0.1, 0.15) is 0 Å². The molecule has 0 aliphatic heterocycles. The average molecular weight is 626 g/mol. The van der Waals surface area contributed by atoms with Gasteiger partial charge >= 0.3 is 0 Å². The van der Waals surface area contributed by atoms with E-state index < -0.39 is 0 Å². The molecule has 10 aromatic rings. The van der Waals surface area contributed by atoms with Gasteiger partial charge in [0, 0.05) is 27.5 Å². The molecule has 0 amide bonds. The van der Waals surface area contributed by atoms with Gasteiger partial charge in [-0.15, -0.1) is 0 Å². The van der Waals surface area contributed by atoms with E-state index in [1.807, 2.05) is 18.2 Å². The van der Waals surface area contributed by atoms with Crippen LogP contribution in [0.15, 0.2) is 168 Å². The second kappa shape index (κ2) is 11.0. The second-order valence-electron chi connectivity index (χ2n) is 12.4. The first-order valence-corrected chi connectivity index (χ1v) is 16.4. The Labute approximate surface area is 282 Å². The van der Waals surface area contributed by atoms with Crippen LogP contribution in [0, 0.1) is 0 Å². The molecule has 2 aromatic heterocycles. The zero-order valence-corrected chi connectivity index (χ0v) is 26.3. The zero-order valence-electron chi connectivity index (χ0n) is 26.3. The molecule has 0 aliphatic carbocycles. The number of hydrogen-bond acceptors (Lipinski definition) is 4.